The molecule has 0 saturated heterocycles. The first kappa shape index (κ1) is 22.4. The molecule has 4 aromatic rings. The normalized spacial score (nSPS) is 11.6. The molecule has 0 saturated carbocycles. The molecule has 0 spiro atoms. The molecule has 0 aliphatic rings. The van der Waals surface area contributed by atoms with Gasteiger partial charge in [-0.25, -0.2) is 0 Å². The highest BCUT2D eigenvalue weighted by Gasteiger charge is 2.22. The van der Waals surface area contributed by atoms with E-state index in [1.165, 1.54) is 11.8 Å². The van der Waals surface area contributed by atoms with Gasteiger partial charge in [0.05, 0.1) is 25.2 Å². The Bertz CT molecular complexity index is 1240. The standard InChI is InChI=1S/C25H24N4O3S/c1-17(24(30)26-21-14-7-8-15-22(21)32-3)33-25-28-27-23(18-10-9-13-20(16-18)31-2)29(25)19-11-5-4-6-12-19/h4-17H,1-3H3,(H,26,30). The van der Waals surface area contributed by atoms with E-state index in [9.17, 15) is 4.79 Å². The third kappa shape index (κ3) is 5.01. The van der Waals surface area contributed by atoms with Crippen molar-refractivity contribution in [1.82, 2.24) is 14.8 Å². The summed E-state index contributed by atoms with van der Waals surface area (Å²) in [6.07, 6.45) is 0. The zero-order valence-electron chi connectivity index (χ0n) is 18.6. The minimum absolute atomic E-state index is 0.157. The van der Waals surface area contributed by atoms with Crippen LogP contribution in [-0.2, 0) is 4.79 Å². The first-order valence-corrected chi connectivity index (χ1v) is 11.2. The van der Waals surface area contributed by atoms with E-state index in [2.05, 4.69) is 15.5 Å². The average Bonchev–Trinajstić information content (AvgIpc) is 3.28. The van der Waals surface area contributed by atoms with E-state index in [0.717, 1.165) is 17.0 Å². The number of methoxy groups -OCH3 is 2. The number of nitrogens with zero attached hydrogens (tertiary/aromatic N) is 3. The van der Waals surface area contributed by atoms with Crippen LogP contribution in [0.15, 0.2) is 84.0 Å². The van der Waals surface area contributed by atoms with Gasteiger partial charge >= 0.3 is 0 Å². The molecule has 1 amide bonds. The van der Waals surface area contributed by atoms with Crippen molar-refractivity contribution in [3.8, 4) is 28.6 Å². The van der Waals surface area contributed by atoms with Gasteiger partial charge in [0.15, 0.2) is 11.0 Å². The second-order valence-corrected chi connectivity index (χ2v) is 8.47. The molecule has 3 aromatic carbocycles. The van der Waals surface area contributed by atoms with E-state index in [-0.39, 0.29) is 5.91 Å². The lowest BCUT2D eigenvalue weighted by Gasteiger charge is -2.15. The lowest BCUT2D eigenvalue weighted by molar-refractivity contribution is -0.115. The molecule has 1 N–H and O–H groups in total. The Labute approximate surface area is 196 Å². The molecule has 4 rings (SSSR count). The van der Waals surface area contributed by atoms with Gasteiger partial charge < -0.3 is 14.8 Å². The Kier molecular flexibility index (Phi) is 6.95. The number of hydrogen-bond acceptors (Lipinski definition) is 6. The van der Waals surface area contributed by atoms with Gasteiger partial charge in [-0.2, -0.15) is 0 Å². The monoisotopic (exact) mass is 460 g/mol. The van der Waals surface area contributed by atoms with E-state index in [4.69, 9.17) is 9.47 Å². The fourth-order valence-electron chi connectivity index (χ4n) is 3.30. The van der Waals surface area contributed by atoms with Crippen LogP contribution < -0.4 is 14.8 Å². The zero-order chi connectivity index (χ0) is 23.2. The predicted molar refractivity (Wildman–Crippen MR) is 130 cm³/mol. The number of carbonyl (C=O) groups excluding carboxylic acids is 1. The highest BCUT2D eigenvalue weighted by atomic mass is 32.2. The quantitative estimate of drug-likeness (QED) is 0.370. The van der Waals surface area contributed by atoms with Crippen LogP contribution in [0.1, 0.15) is 6.92 Å². The van der Waals surface area contributed by atoms with Crippen LogP contribution in [0.5, 0.6) is 11.5 Å². The molecular formula is C25H24N4O3S. The molecule has 0 bridgehead atoms. The molecule has 1 heterocycles. The highest BCUT2D eigenvalue weighted by Crippen LogP contribution is 2.32. The summed E-state index contributed by atoms with van der Waals surface area (Å²) in [4.78, 5) is 12.9. The van der Waals surface area contributed by atoms with Crippen molar-refractivity contribution in [3.05, 3.63) is 78.9 Å². The Morgan fingerprint density at radius 1 is 0.939 bits per heavy atom. The van der Waals surface area contributed by atoms with Crippen LogP contribution in [-0.4, -0.2) is 40.1 Å². The molecule has 0 aliphatic heterocycles. The number of benzene rings is 3. The van der Waals surface area contributed by atoms with Gasteiger partial charge in [-0.1, -0.05) is 54.2 Å². The van der Waals surface area contributed by atoms with Crippen molar-refractivity contribution in [3.63, 3.8) is 0 Å². The summed E-state index contributed by atoms with van der Waals surface area (Å²) >= 11 is 1.34. The number of rotatable bonds is 8. The second-order valence-electron chi connectivity index (χ2n) is 7.16. The van der Waals surface area contributed by atoms with Crippen LogP contribution in [0.3, 0.4) is 0 Å². The van der Waals surface area contributed by atoms with Gasteiger partial charge in [-0.3, -0.25) is 9.36 Å². The fraction of sp³-hybridized carbons (Fsp3) is 0.160. The summed E-state index contributed by atoms with van der Waals surface area (Å²) in [5, 5.41) is 12.0. The van der Waals surface area contributed by atoms with E-state index in [1.807, 2.05) is 84.3 Å². The molecule has 0 fully saturated rings. The zero-order valence-corrected chi connectivity index (χ0v) is 19.4. The maximum atomic E-state index is 12.9. The lowest BCUT2D eigenvalue weighted by atomic mass is 10.2. The van der Waals surface area contributed by atoms with E-state index in [1.54, 1.807) is 20.3 Å². The Balaban J connectivity index is 1.65. The largest absolute Gasteiger partial charge is 0.497 e. The van der Waals surface area contributed by atoms with Crippen molar-refractivity contribution >= 4 is 23.4 Å². The number of anilines is 1. The number of hydrogen-bond donors (Lipinski definition) is 1. The molecule has 168 valence electrons. The number of aromatic nitrogens is 3. The minimum Gasteiger partial charge on any atom is -0.497 e. The van der Waals surface area contributed by atoms with Crippen molar-refractivity contribution in [1.29, 1.82) is 0 Å². The summed E-state index contributed by atoms with van der Waals surface area (Å²) in [5.74, 6) is 1.85. The number of thioether (sulfide) groups is 1. The minimum atomic E-state index is -0.431. The number of ether oxygens (including phenoxy) is 2. The van der Waals surface area contributed by atoms with Crippen LogP contribution in [0.4, 0.5) is 5.69 Å². The number of amides is 1. The molecule has 7 nitrogen and oxygen atoms in total. The maximum Gasteiger partial charge on any atom is 0.237 e. The van der Waals surface area contributed by atoms with Gasteiger partial charge in [0.2, 0.25) is 5.91 Å². The van der Waals surface area contributed by atoms with Gasteiger partial charge in [-0.05, 0) is 43.3 Å². The van der Waals surface area contributed by atoms with Crippen LogP contribution in [0.25, 0.3) is 17.1 Å². The van der Waals surface area contributed by atoms with Crippen LogP contribution >= 0.6 is 11.8 Å². The van der Waals surface area contributed by atoms with Gasteiger partial charge in [0.25, 0.3) is 0 Å². The summed E-state index contributed by atoms with van der Waals surface area (Å²) in [7, 11) is 3.20. The molecule has 0 aliphatic carbocycles. The number of para-hydroxylation sites is 3. The van der Waals surface area contributed by atoms with Gasteiger partial charge in [-0.15, -0.1) is 10.2 Å². The first-order chi connectivity index (χ1) is 16.1. The van der Waals surface area contributed by atoms with E-state index < -0.39 is 5.25 Å². The topological polar surface area (TPSA) is 78.3 Å². The fourth-order valence-corrected chi connectivity index (χ4v) is 4.17. The highest BCUT2D eigenvalue weighted by molar-refractivity contribution is 8.00. The smallest absolute Gasteiger partial charge is 0.237 e. The summed E-state index contributed by atoms with van der Waals surface area (Å²) in [5.41, 5.74) is 2.39. The molecule has 1 unspecified atom stereocenters. The van der Waals surface area contributed by atoms with Crippen molar-refractivity contribution in [2.24, 2.45) is 0 Å². The second kappa shape index (κ2) is 10.2. The summed E-state index contributed by atoms with van der Waals surface area (Å²) < 4.78 is 12.7. The maximum absolute atomic E-state index is 12.9. The molecule has 33 heavy (non-hydrogen) atoms. The Morgan fingerprint density at radius 3 is 2.45 bits per heavy atom. The summed E-state index contributed by atoms with van der Waals surface area (Å²) in [6.45, 7) is 1.84. The van der Waals surface area contributed by atoms with Crippen molar-refractivity contribution < 1.29 is 14.3 Å². The summed E-state index contributed by atoms with van der Waals surface area (Å²) in [6, 6.07) is 24.8. The molecule has 1 aromatic heterocycles. The molecule has 1 atom stereocenters. The van der Waals surface area contributed by atoms with Crippen LogP contribution in [0.2, 0.25) is 0 Å². The Morgan fingerprint density at radius 2 is 1.70 bits per heavy atom. The van der Waals surface area contributed by atoms with E-state index >= 15 is 0 Å². The average molecular weight is 461 g/mol. The lowest BCUT2D eigenvalue weighted by Crippen LogP contribution is -2.23. The SMILES string of the molecule is COc1cccc(-c2nnc(SC(C)C(=O)Nc3ccccc3OC)n2-c2ccccc2)c1. The van der Waals surface area contributed by atoms with Gasteiger partial charge in [0, 0.05) is 11.3 Å². The van der Waals surface area contributed by atoms with Crippen LogP contribution in [0, 0.1) is 0 Å². The molecule has 0 radical (unpaired) electrons. The van der Waals surface area contributed by atoms with Gasteiger partial charge in [0.1, 0.15) is 11.5 Å². The molecule has 8 heteroatoms. The number of carbonyl (C=O) groups is 1. The van der Waals surface area contributed by atoms with E-state index in [0.29, 0.717) is 22.4 Å². The number of nitrogens with one attached hydrogen (secondary N) is 1. The predicted octanol–water partition coefficient (Wildman–Crippen LogP) is 5.07. The third-order valence-electron chi connectivity index (χ3n) is 4.99. The Hall–Kier alpha value is -3.78. The first-order valence-electron chi connectivity index (χ1n) is 10.4. The third-order valence-corrected chi connectivity index (χ3v) is 6.03. The van der Waals surface area contributed by atoms with Crippen molar-refractivity contribution in [2.45, 2.75) is 17.3 Å². The van der Waals surface area contributed by atoms with Crippen molar-refractivity contribution in [2.75, 3.05) is 19.5 Å². The molecular weight excluding hydrogens is 436 g/mol.